The number of halogens is 32. The Morgan fingerprint density at radius 2 is 0.571 bits per heavy atom. The van der Waals surface area contributed by atoms with Crippen molar-refractivity contribution in [1.82, 2.24) is 0 Å². The molecule has 0 aliphatic rings. The van der Waals surface area contributed by atoms with Crippen LogP contribution < -0.4 is 0 Å². The molecule has 0 saturated heterocycles. The number of hydrogen-bond donors (Lipinski definition) is 1. The SMILES string of the molecule is O=P(OCC(F)(F)C(F)(F)C(F)(F)C(F)(F)C(F)(F)C(F)F)(OCC(F)(F)C(F)(F)C(F)(F)C(F)(F)C(F)(F)C(F)F)C(O)C(F)(F)C(F)(F)C(F)(F)C(F)F. The van der Waals surface area contributed by atoms with Gasteiger partial charge in [-0.05, 0) is 0 Å². The van der Waals surface area contributed by atoms with E-state index < -0.39 is 123 Å². The minimum Gasteiger partial charge on any atom is -0.376 e. The number of alkyl halides is 32. The van der Waals surface area contributed by atoms with Gasteiger partial charge >= 0.3 is 104 Å². The monoisotopic (exact) mass is 940 g/mol. The summed E-state index contributed by atoms with van der Waals surface area (Å²) in [5.41, 5.74) is 0. The molecule has 0 aliphatic carbocycles. The van der Waals surface area contributed by atoms with Gasteiger partial charge in [-0.3, -0.25) is 13.6 Å². The zero-order valence-corrected chi connectivity index (χ0v) is 25.3. The number of rotatable bonds is 21. The van der Waals surface area contributed by atoms with Gasteiger partial charge in [0.1, 0.15) is 13.2 Å². The summed E-state index contributed by atoms with van der Waals surface area (Å²) in [6.07, 6.45) is -18.7. The highest BCUT2D eigenvalue weighted by atomic mass is 31.2. The van der Waals surface area contributed by atoms with Gasteiger partial charge < -0.3 is 5.11 Å². The Bertz CT molecular complexity index is 1330. The number of aliphatic hydroxyl groups excluding tert-OH is 1. The largest absolute Gasteiger partial charge is 0.384 e. The third-order valence-corrected chi connectivity index (χ3v) is 8.37. The number of aliphatic hydroxyl groups is 1. The van der Waals surface area contributed by atoms with E-state index in [1.807, 2.05) is 0 Å². The summed E-state index contributed by atoms with van der Waals surface area (Å²) in [6.45, 7) is -9.88. The summed E-state index contributed by atoms with van der Waals surface area (Å²) in [4.78, 5) is 0. The van der Waals surface area contributed by atoms with Crippen molar-refractivity contribution < 1.29 is 159 Å². The summed E-state index contributed by atoms with van der Waals surface area (Å²) in [5, 5.41) is 9.20. The van der Waals surface area contributed by atoms with E-state index in [9.17, 15) is 150 Å². The Morgan fingerprint density at radius 3 is 0.786 bits per heavy atom. The highest BCUT2D eigenvalue weighted by Crippen LogP contribution is 2.66. The van der Waals surface area contributed by atoms with Crippen LogP contribution in [0.25, 0.3) is 0 Å². The molecule has 0 bridgehead atoms. The Labute approximate surface area is 283 Å². The summed E-state index contributed by atoms with van der Waals surface area (Å²) in [6, 6.07) is 0. The van der Waals surface area contributed by atoms with Crippen LogP contribution in [0, 0.1) is 0 Å². The average molecular weight is 940 g/mol. The molecule has 1 unspecified atom stereocenters. The fraction of sp³-hybridized carbons (Fsp3) is 1.00. The quantitative estimate of drug-likeness (QED) is 0.0920. The van der Waals surface area contributed by atoms with Crippen LogP contribution in [-0.2, 0) is 13.6 Å². The Hall–Kier alpha value is -2.13. The molecule has 0 rings (SSSR count). The molecule has 1 N–H and O–H groups in total. The van der Waals surface area contributed by atoms with Gasteiger partial charge in [0.05, 0.1) is 0 Å². The standard InChI is InChI=1S/C19H9F32O4P/c20-3(21)9(30,31)15(42,43)12(36,37)6(52)56(53,54-1-7(26,27)13(38,39)18(48,49)16(44,45)10(32,33)4(22)23)55-2-8(28,29)14(40,41)19(50,51)17(46,47)11(34,35)5(24)25/h3-6,52H,1-2H2. The molecule has 4 nitrogen and oxygen atoms in total. The van der Waals surface area contributed by atoms with Gasteiger partial charge in [0.25, 0.3) is 0 Å². The molecule has 0 aliphatic heterocycles. The molecule has 0 spiro atoms. The second-order valence-electron chi connectivity index (χ2n) is 10.3. The molecule has 0 aromatic heterocycles. The molecule has 37 heteroatoms. The van der Waals surface area contributed by atoms with Crippen LogP contribution in [0.5, 0.6) is 0 Å². The lowest BCUT2D eigenvalue weighted by Gasteiger charge is -2.40. The van der Waals surface area contributed by atoms with Crippen LogP contribution in [0.15, 0.2) is 0 Å². The first kappa shape index (κ1) is 53.9. The van der Waals surface area contributed by atoms with E-state index in [0.29, 0.717) is 0 Å². The fourth-order valence-electron chi connectivity index (χ4n) is 2.97. The molecule has 0 heterocycles. The van der Waals surface area contributed by atoms with Crippen LogP contribution in [0.2, 0.25) is 0 Å². The summed E-state index contributed by atoms with van der Waals surface area (Å²) in [7, 11) is -9.02. The molecular weight excluding hydrogens is 931 g/mol. The smallest absolute Gasteiger partial charge is 0.376 e. The average Bonchev–Trinajstić information content (AvgIpc) is 3.01. The van der Waals surface area contributed by atoms with Crippen molar-refractivity contribution in [1.29, 1.82) is 0 Å². The maximum atomic E-state index is 14.2. The third-order valence-electron chi connectivity index (χ3n) is 6.47. The van der Waals surface area contributed by atoms with Crippen molar-refractivity contribution in [2.75, 3.05) is 13.2 Å². The minimum absolute atomic E-state index is 2.35. The van der Waals surface area contributed by atoms with Gasteiger partial charge in [-0.25, -0.2) is 26.3 Å². The van der Waals surface area contributed by atoms with E-state index in [1.165, 1.54) is 0 Å². The highest BCUT2D eigenvalue weighted by molar-refractivity contribution is 7.54. The lowest BCUT2D eigenvalue weighted by atomic mass is 9.95. The van der Waals surface area contributed by atoms with Crippen molar-refractivity contribution in [2.24, 2.45) is 0 Å². The second kappa shape index (κ2) is 14.9. The summed E-state index contributed by atoms with van der Waals surface area (Å²) >= 11 is 0. The molecule has 0 aromatic rings. The van der Waals surface area contributed by atoms with Crippen molar-refractivity contribution >= 4 is 7.60 Å². The van der Waals surface area contributed by atoms with Crippen molar-refractivity contribution in [3.05, 3.63) is 0 Å². The molecule has 56 heavy (non-hydrogen) atoms. The van der Waals surface area contributed by atoms with Crippen molar-refractivity contribution in [3.8, 4) is 0 Å². The molecule has 0 aromatic carbocycles. The van der Waals surface area contributed by atoms with Gasteiger partial charge in [0.15, 0.2) is 0 Å². The van der Waals surface area contributed by atoms with Gasteiger partial charge in [0, 0.05) is 0 Å². The van der Waals surface area contributed by atoms with E-state index in [2.05, 4.69) is 9.05 Å². The molecular formula is C19H9F32O4P. The minimum atomic E-state index is -9.02. The highest BCUT2D eigenvalue weighted by Gasteiger charge is 2.90. The van der Waals surface area contributed by atoms with Crippen molar-refractivity contribution in [3.63, 3.8) is 0 Å². The molecule has 0 saturated carbocycles. The van der Waals surface area contributed by atoms with E-state index in [0.717, 1.165) is 0 Å². The Balaban J connectivity index is 7.59. The fourth-order valence-corrected chi connectivity index (χ4v) is 4.57. The third kappa shape index (κ3) is 7.72. The van der Waals surface area contributed by atoms with Crippen LogP contribution in [0.4, 0.5) is 140 Å². The van der Waals surface area contributed by atoms with Gasteiger partial charge in [-0.2, -0.15) is 114 Å². The molecule has 338 valence electrons. The summed E-state index contributed by atoms with van der Waals surface area (Å²) < 4.78 is 444. The van der Waals surface area contributed by atoms with Gasteiger partial charge in [-0.1, -0.05) is 0 Å². The van der Waals surface area contributed by atoms with Crippen LogP contribution in [0.1, 0.15) is 0 Å². The maximum Gasteiger partial charge on any atom is 0.384 e. The van der Waals surface area contributed by atoms with Crippen LogP contribution >= 0.6 is 7.60 Å². The van der Waals surface area contributed by atoms with Crippen molar-refractivity contribution in [2.45, 2.75) is 102 Å². The first-order valence-electron chi connectivity index (χ1n) is 12.2. The predicted octanol–water partition coefficient (Wildman–Crippen LogP) is 10.6. The van der Waals surface area contributed by atoms with E-state index in [-0.39, 0.29) is 0 Å². The lowest BCUT2D eigenvalue weighted by Crippen LogP contribution is -2.69. The van der Waals surface area contributed by atoms with Crippen LogP contribution in [0.3, 0.4) is 0 Å². The molecule has 1 atom stereocenters. The van der Waals surface area contributed by atoms with E-state index >= 15 is 0 Å². The molecule has 0 radical (unpaired) electrons. The number of hydrogen-bond acceptors (Lipinski definition) is 4. The zero-order valence-electron chi connectivity index (χ0n) is 24.4. The summed E-state index contributed by atoms with van der Waals surface area (Å²) in [5.74, 6) is -114. The Morgan fingerprint density at radius 1 is 0.357 bits per heavy atom. The first-order chi connectivity index (χ1) is 23.9. The Kier molecular flexibility index (Phi) is 14.3. The first-order valence-corrected chi connectivity index (χ1v) is 13.8. The zero-order chi connectivity index (χ0) is 46.1. The molecule has 0 amide bonds. The topological polar surface area (TPSA) is 55.8 Å². The van der Waals surface area contributed by atoms with Crippen LogP contribution in [-0.4, -0.2) is 120 Å². The second-order valence-corrected chi connectivity index (χ2v) is 12.4. The molecule has 0 fully saturated rings. The van der Waals surface area contributed by atoms with E-state index in [1.54, 1.807) is 0 Å². The normalized spacial score (nSPS) is 17.1. The van der Waals surface area contributed by atoms with E-state index in [4.69, 9.17) is 0 Å². The predicted molar refractivity (Wildman–Crippen MR) is 108 cm³/mol. The maximum absolute atomic E-state index is 14.2. The van der Waals surface area contributed by atoms with Gasteiger partial charge in [0.2, 0.25) is 5.85 Å². The van der Waals surface area contributed by atoms with Gasteiger partial charge in [-0.15, -0.1) is 0 Å². The lowest BCUT2D eigenvalue weighted by molar-refractivity contribution is -0.415.